The molecule has 1 heterocycles. The maximum absolute atomic E-state index is 10.7. The van der Waals surface area contributed by atoms with E-state index in [1.54, 1.807) is 24.3 Å². The molecule has 1 aromatic carbocycles. The van der Waals surface area contributed by atoms with E-state index in [0.717, 1.165) is 0 Å². The monoisotopic (exact) mass is 241 g/mol. The van der Waals surface area contributed by atoms with E-state index in [-0.39, 0.29) is 56.3 Å². The number of aromatic nitrogens is 1. The number of para-hydroxylation sites is 1. The summed E-state index contributed by atoms with van der Waals surface area (Å²) in [6.07, 6.45) is 1.22. The number of hydrogen-bond acceptors (Lipinski definition) is 3. The first kappa shape index (κ1) is 12.4. The first-order valence-corrected chi connectivity index (χ1v) is 5.02. The fourth-order valence-electron chi connectivity index (χ4n) is 1.25. The van der Waals surface area contributed by atoms with Crippen LogP contribution in [0.4, 0.5) is 0 Å². The second-order valence-corrected chi connectivity index (χ2v) is 4.00. The van der Waals surface area contributed by atoms with Crippen molar-refractivity contribution in [1.82, 2.24) is 4.98 Å². The van der Waals surface area contributed by atoms with Gasteiger partial charge >= 0.3 is 51.4 Å². The molecule has 1 aromatic heterocycles. The summed E-state index contributed by atoms with van der Waals surface area (Å²) >= 11 is 0. The molecule has 0 aliphatic rings. The smallest absolute Gasteiger partial charge is 0.744 e. The van der Waals surface area contributed by atoms with E-state index >= 15 is 0 Å². The molecule has 6 heteroatoms. The third-order valence-electron chi connectivity index (χ3n) is 1.82. The van der Waals surface area contributed by atoms with Gasteiger partial charge in [-0.15, -0.1) is 0 Å². The van der Waals surface area contributed by atoms with Crippen LogP contribution < -0.4 is 51.4 Å². The predicted octanol–water partition coefficient (Wildman–Crippen LogP) is -1.92. The van der Waals surface area contributed by atoms with Crippen molar-refractivity contribution in [3.8, 4) is 0 Å². The van der Waals surface area contributed by atoms with Crippen LogP contribution in [0.5, 0.6) is 0 Å². The second-order valence-electron chi connectivity index (χ2n) is 2.65. The van der Waals surface area contributed by atoms with Gasteiger partial charge in [0.05, 0.1) is 4.90 Å². The van der Waals surface area contributed by atoms with E-state index < -0.39 is 10.1 Å². The molecule has 2 rings (SSSR count). The molecular formula is C8H6KNO3S. The van der Waals surface area contributed by atoms with Crippen LogP contribution >= 0.6 is 0 Å². The fraction of sp³-hybridized carbons (Fsp3) is 0. The molecule has 0 spiro atoms. The second kappa shape index (κ2) is 4.44. The molecule has 0 unspecified atom stereocenters. The Morgan fingerprint density at radius 3 is 2.50 bits per heavy atom. The van der Waals surface area contributed by atoms with Crippen LogP contribution in [0, 0.1) is 0 Å². The molecular weight excluding hydrogens is 235 g/mol. The molecule has 68 valence electrons. The maximum Gasteiger partial charge on any atom is 1.00 e. The molecule has 0 atom stereocenters. The van der Waals surface area contributed by atoms with Gasteiger partial charge in [-0.3, -0.25) is 0 Å². The maximum atomic E-state index is 10.7. The topological polar surface area (TPSA) is 73.0 Å². The minimum atomic E-state index is -4.37. The van der Waals surface area contributed by atoms with Crippen molar-refractivity contribution >= 4 is 21.0 Å². The summed E-state index contributed by atoms with van der Waals surface area (Å²) in [5.41, 5.74) is 0.650. The van der Waals surface area contributed by atoms with Crippen molar-refractivity contribution in [2.75, 3.05) is 0 Å². The Bertz CT molecular complexity index is 546. The minimum Gasteiger partial charge on any atom is -0.744 e. The number of fused-ring (bicyclic) bond motifs is 1. The normalized spacial score (nSPS) is 11.2. The van der Waals surface area contributed by atoms with Crippen molar-refractivity contribution < 1.29 is 64.4 Å². The molecule has 0 amide bonds. The van der Waals surface area contributed by atoms with Gasteiger partial charge < -0.3 is 9.54 Å². The third-order valence-corrected chi connectivity index (χ3v) is 2.70. The summed E-state index contributed by atoms with van der Waals surface area (Å²) in [6.45, 7) is 0. The van der Waals surface area contributed by atoms with Crippen LogP contribution in [0.25, 0.3) is 10.9 Å². The average molecular weight is 241 g/mol. The summed E-state index contributed by atoms with van der Waals surface area (Å²) in [5.74, 6) is 0. The molecule has 0 fully saturated rings. The van der Waals surface area contributed by atoms with E-state index in [9.17, 15) is 13.0 Å². The molecule has 0 aliphatic heterocycles. The van der Waals surface area contributed by atoms with Gasteiger partial charge in [0.25, 0.3) is 0 Å². The molecule has 0 radical (unpaired) electrons. The van der Waals surface area contributed by atoms with Crippen LogP contribution in [0.1, 0.15) is 0 Å². The zero-order valence-corrected chi connectivity index (χ0v) is 11.5. The van der Waals surface area contributed by atoms with Gasteiger partial charge in [-0.2, -0.15) is 0 Å². The average Bonchev–Trinajstić information content (AvgIpc) is 2.45. The van der Waals surface area contributed by atoms with E-state index in [2.05, 4.69) is 4.98 Å². The standard InChI is InChI=1S/C8H7NO3S.K/c10-13(11,12)8-5-9-7-4-2-1-3-6(7)8;/h1-5,9H,(H,10,11,12);/q;+1/p-1/i1+1,2+1,3+1,4+1,6+1,7+1;. The summed E-state index contributed by atoms with van der Waals surface area (Å²) < 4.78 is 32.2. The number of benzene rings is 1. The number of nitrogens with one attached hydrogen (secondary N) is 1. The van der Waals surface area contributed by atoms with Crippen LogP contribution in [0.2, 0.25) is 0 Å². The number of aromatic amines is 1. The van der Waals surface area contributed by atoms with Crippen molar-refractivity contribution in [2.45, 2.75) is 4.90 Å². The van der Waals surface area contributed by atoms with Crippen LogP contribution in [-0.2, 0) is 10.1 Å². The van der Waals surface area contributed by atoms with E-state index in [0.29, 0.717) is 10.9 Å². The Balaban J connectivity index is 0.000000980. The first-order valence-electron chi connectivity index (χ1n) is 3.61. The molecule has 14 heavy (non-hydrogen) atoms. The number of H-pyrrole nitrogens is 1. The van der Waals surface area contributed by atoms with Crippen molar-refractivity contribution in [3.63, 3.8) is 0 Å². The number of rotatable bonds is 1. The summed E-state index contributed by atoms with van der Waals surface area (Å²) in [4.78, 5) is 2.52. The molecule has 0 bridgehead atoms. The fourth-order valence-corrected chi connectivity index (χ4v) is 1.90. The van der Waals surface area contributed by atoms with Crippen LogP contribution in [-0.4, -0.2) is 18.0 Å². The minimum absolute atomic E-state index is 0. The first-order chi connectivity index (χ1) is 6.09. The summed E-state index contributed by atoms with van der Waals surface area (Å²) in [6, 6.07) is 6.76. The molecule has 4 nitrogen and oxygen atoms in total. The zero-order valence-electron chi connectivity index (χ0n) is 7.52. The van der Waals surface area contributed by atoms with E-state index in [1.165, 1.54) is 6.20 Å². The van der Waals surface area contributed by atoms with Crippen molar-refractivity contribution in [1.29, 1.82) is 0 Å². The molecule has 1 N–H and O–H groups in total. The SMILES string of the molecule is O=S(=O)([O-])c1c[nH][13c]2[13cH][13cH][13cH][13cH][13c]12.[K+]. The van der Waals surface area contributed by atoms with Gasteiger partial charge in [0.15, 0.2) is 0 Å². The van der Waals surface area contributed by atoms with Gasteiger partial charge in [0, 0.05) is 17.1 Å². The Morgan fingerprint density at radius 2 is 1.86 bits per heavy atom. The van der Waals surface area contributed by atoms with Crippen molar-refractivity contribution in [3.05, 3.63) is 30.5 Å². The third kappa shape index (κ3) is 2.27. The van der Waals surface area contributed by atoms with Gasteiger partial charge in [-0.1, -0.05) is 18.2 Å². The number of hydrogen-bond donors (Lipinski definition) is 1. The molecule has 0 aliphatic carbocycles. The molecule has 2 aromatic rings. The van der Waals surface area contributed by atoms with Gasteiger partial charge in [-0.05, 0) is 6.07 Å². The Hall–Kier alpha value is 0.306. The Morgan fingerprint density at radius 1 is 1.21 bits per heavy atom. The van der Waals surface area contributed by atoms with Crippen LogP contribution in [0.3, 0.4) is 0 Å². The van der Waals surface area contributed by atoms with E-state index in [1.807, 2.05) is 0 Å². The van der Waals surface area contributed by atoms with Crippen molar-refractivity contribution in [2.24, 2.45) is 0 Å². The van der Waals surface area contributed by atoms with Gasteiger partial charge in [-0.25, -0.2) is 8.42 Å². The Labute approximate surface area is 124 Å². The van der Waals surface area contributed by atoms with Gasteiger partial charge in [0.2, 0.25) is 0 Å². The predicted molar refractivity (Wildman–Crippen MR) is 46.3 cm³/mol. The summed E-state index contributed by atoms with van der Waals surface area (Å²) in [5, 5.41) is 0.442. The Kier molecular flexibility index (Phi) is 3.92. The van der Waals surface area contributed by atoms with E-state index in [4.69, 9.17) is 0 Å². The molecule has 0 saturated heterocycles. The van der Waals surface area contributed by atoms with Gasteiger partial charge in [0.1, 0.15) is 10.1 Å². The quantitative estimate of drug-likeness (QED) is 0.467. The zero-order chi connectivity index (χ0) is 9.47. The largest absolute Gasteiger partial charge is 1.00 e. The van der Waals surface area contributed by atoms with Crippen LogP contribution in [0.15, 0.2) is 35.4 Å². The molecule has 0 saturated carbocycles. The summed E-state index contributed by atoms with van der Waals surface area (Å²) in [7, 11) is -4.37.